The zero-order chi connectivity index (χ0) is 24.2. The van der Waals surface area contributed by atoms with Crippen LogP contribution >= 0.6 is 11.6 Å². The zero-order valence-corrected chi connectivity index (χ0v) is 20.2. The number of ether oxygens (including phenoxy) is 2. The standard InChI is InChI=1S/C24H29ClN2O5/c1-15-11-16(2)13-18(12-15)21(28)26(27(24(4,5)6)23(30)32-14-25)22(29)19-9-8-10-20(31-7)17(19)3/h8-13H,14H2,1-7H3. The Morgan fingerprint density at radius 3 is 2.06 bits per heavy atom. The maximum Gasteiger partial charge on any atom is 0.431 e. The number of carbonyl (C=O) groups excluding carboxylic acids is 3. The molecule has 0 atom stereocenters. The molecule has 0 saturated heterocycles. The molecular formula is C24H29ClN2O5. The fourth-order valence-electron chi connectivity index (χ4n) is 3.44. The molecule has 2 aromatic carbocycles. The molecule has 0 saturated carbocycles. The normalized spacial score (nSPS) is 11.0. The van der Waals surface area contributed by atoms with Crippen LogP contribution in [0.5, 0.6) is 5.75 Å². The summed E-state index contributed by atoms with van der Waals surface area (Å²) < 4.78 is 10.3. The van der Waals surface area contributed by atoms with Gasteiger partial charge in [-0.05, 0) is 65.8 Å². The van der Waals surface area contributed by atoms with Crippen LogP contribution in [-0.4, -0.2) is 46.6 Å². The van der Waals surface area contributed by atoms with Gasteiger partial charge >= 0.3 is 6.09 Å². The number of aryl methyl sites for hydroxylation is 2. The van der Waals surface area contributed by atoms with E-state index in [0.717, 1.165) is 21.1 Å². The largest absolute Gasteiger partial charge is 0.496 e. The third kappa shape index (κ3) is 5.40. The van der Waals surface area contributed by atoms with Gasteiger partial charge < -0.3 is 9.47 Å². The summed E-state index contributed by atoms with van der Waals surface area (Å²) in [5.41, 5.74) is 1.74. The Morgan fingerprint density at radius 1 is 0.969 bits per heavy atom. The van der Waals surface area contributed by atoms with Crippen molar-refractivity contribution in [2.24, 2.45) is 0 Å². The summed E-state index contributed by atoms with van der Waals surface area (Å²) in [4.78, 5) is 40.4. The van der Waals surface area contributed by atoms with E-state index in [1.807, 2.05) is 19.9 Å². The molecule has 0 bridgehead atoms. The Labute approximate surface area is 193 Å². The minimum atomic E-state index is -0.986. The minimum absolute atomic E-state index is 0.218. The van der Waals surface area contributed by atoms with Crippen molar-refractivity contribution in [3.8, 4) is 5.75 Å². The Hall–Kier alpha value is -3.06. The average Bonchev–Trinajstić information content (AvgIpc) is 2.69. The molecule has 2 aromatic rings. The summed E-state index contributed by atoms with van der Waals surface area (Å²) >= 11 is 5.62. The van der Waals surface area contributed by atoms with Crippen LogP contribution in [0.3, 0.4) is 0 Å². The van der Waals surface area contributed by atoms with E-state index in [-0.39, 0.29) is 11.1 Å². The van der Waals surface area contributed by atoms with Crippen molar-refractivity contribution in [2.45, 2.75) is 47.1 Å². The molecule has 172 valence electrons. The first-order valence-electron chi connectivity index (χ1n) is 10.1. The van der Waals surface area contributed by atoms with E-state index in [0.29, 0.717) is 11.3 Å². The first-order chi connectivity index (χ1) is 14.9. The number of hydrazine groups is 1. The maximum atomic E-state index is 13.8. The number of benzene rings is 2. The van der Waals surface area contributed by atoms with E-state index in [9.17, 15) is 14.4 Å². The van der Waals surface area contributed by atoms with Crippen LogP contribution in [0.2, 0.25) is 0 Å². The summed E-state index contributed by atoms with van der Waals surface area (Å²) in [6.07, 6.45) is -0.917. The Morgan fingerprint density at radius 2 is 1.56 bits per heavy atom. The lowest BCUT2D eigenvalue weighted by atomic mass is 10.0. The highest BCUT2D eigenvalue weighted by Crippen LogP contribution is 2.27. The summed E-state index contributed by atoms with van der Waals surface area (Å²) in [7, 11) is 1.49. The van der Waals surface area contributed by atoms with Gasteiger partial charge in [0.1, 0.15) is 5.75 Å². The smallest absolute Gasteiger partial charge is 0.431 e. The highest BCUT2D eigenvalue weighted by atomic mass is 35.5. The number of methoxy groups -OCH3 is 1. The Balaban J connectivity index is 2.74. The first-order valence-corrected chi connectivity index (χ1v) is 10.6. The summed E-state index contributed by atoms with van der Waals surface area (Å²) in [5.74, 6) is -0.863. The van der Waals surface area contributed by atoms with E-state index < -0.39 is 29.5 Å². The summed E-state index contributed by atoms with van der Waals surface area (Å²) in [5, 5.41) is 1.82. The number of nitrogens with zero attached hydrogens (tertiary/aromatic N) is 2. The van der Waals surface area contributed by atoms with Crippen molar-refractivity contribution in [3.05, 3.63) is 64.2 Å². The second-order valence-electron chi connectivity index (χ2n) is 8.43. The first kappa shape index (κ1) is 25.2. The molecule has 0 aromatic heterocycles. The van der Waals surface area contributed by atoms with Crippen molar-refractivity contribution < 1.29 is 23.9 Å². The van der Waals surface area contributed by atoms with Crippen LogP contribution in [-0.2, 0) is 4.74 Å². The number of hydrogen-bond acceptors (Lipinski definition) is 5. The number of amides is 3. The third-order valence-electron chi connectivity index (χ3n) is 4.77. The van der Waals surface area contributed by atoms with Gasteiger partial charge in [-0.2, -0.15) is 5.01 Å². The van der Waals surface area contributed by atoms with Crippen LogP contribution in [0, 0.1) is 20.8 Å². The lowest BCUT2D eigenvalue weighted by molar-refractivity contribution is -0.0392. The molecule has 32 heavy (non-hydrogen) atoms. The topological polar surface area (TPSA) is 76.2 Å². The molecule has 0 aliphatic carbocycles. The van der Waals surface area contributed by atoms with E-state index >= 15 is 0 Å². The van der Waals surface area contributed by atoms with Gasteiger partial charge in [-0.1, -0.05) is 34.9 Å². The van der Waals surface area contributed by atoms with Gasteiger partial charge in [-0.15, -0.1) is 0 Å². The fourth-order valence-corrected chi connectivity index (χ4v) is 3.53. The number of rotatable bonds is 4. The van der Waals surface area contributed by atoms with Crippen LogP contribution in [0.25, 0.3) is 0 Å². The quantitative estimate of drug-likeness (QED) is 0.353. The molecule has 0 unspecified atom stereocenters. The summed E-state index contributed by atoms with van der Waals surface area (Å²) in [6, 6.07) is 9.77. The van der Waals surface area contributed by atoms with Gasteiger partial charge in [-0.25, -0.2) is 9.80 Å². The van der Waals surface area contributed by atoms with Crippen LogP contribution in [0.15, 0.2) is 36.4 Å². The highest BCUT2D eigenvalue weighted by molar-refractivity contribution is 6.17. The fraction of sp³-hybridized carbons (Fsp3) is 0.375. The Bertz CT molecular complexity index is 1010. The lowest BCUT2D eigenvalue weighted by Gasteiger charge is -2.41. The van der Waals surface area contributed by atoms with Crippen molar-refractivity contribution in [1.29, 1.82) is 0 Å². The SMILES string of the molecule is COc1cccc(C(=O)N(C(=O)c2cc(C)cc(C)c2)N(C(=O)OCCl)C(C)(C)C)c1C. The zero-order valence-electron chi connectivity index (χ0n) is 19.5. The third-order valence-corrected chi connectivity index (χ3v) is 4.88. The summed E-state index contributed by atoms with van der Waals surface area (Å²) in [6.45, 7) is 10.5. The second-order valence-corrected chi connectivity index (χ2v) is 8.65. The molecule has 8 heteroatoms. The van der Waals surface area contributed by atoms with Gasteiger partial charge in [-0.3, -0.25) is 9.59 Å². The minimum Gasteiger partial charge on any atom is -0.496 e. The molecule has 0 aliphatic heterocycles. The Kier molecular flexibility index (Phi) is 7.91. The van der Waals surface area contributed by atoms with Crippen molar-refractivity contribution in [3.63, 3.8) is 0 Å². The number of imide groups is 1. The molecule has 0 fully saturated rings. The molecule has 0 spiro atoms. The number of carbonyl (C=O) groups is 3. The van der Waals surface area contributed by atoms with Crippen molar-refractivity contribution >= 4 is 29.5 Å². The number of halogens is 1. The van der Waals surface area contributed by atoms with Crippen molar-refractivity contribution in [2.75, 3.05) is 13.2 Å². The van der Waals surface area contributed by atoms with Crippen LogP contribution in [0.4, 0.5) is 4.79 Å². The van der Waals surface area contributed by atoms with Gasteiger partial charge in [0.2, 0.25) is 0 Å². The van der Waals surface area contributed by atoms with Gasteiger partial charge in [0.05, 0.1) is 12.6 Å². The number of hydrogen-bond donors (Lipinski definition) is 0. The molecule has 0 heterocycles. The van der Waals surface area contributed by atoms with Crippen molar-refractivity contribution in [1.82, 2.24) is 10.0 Å². The lowest BCUT2D eigenvalue weighted by Crippen LogP contribution is -2.60. The van der Waals surface area contributed by atoms with Crippen LogP contribution < -0.4 is 4.74 Å². The van der Waals surface area contributed by atoms with E-state index in [1.165, 1.54) is 7.11 Å². The highest BCUT2D eigenvalue weighted by Gasteiger charge is 2.41. The van der Waals surface area contributed by atoms with E-state index in [4.69, 9.17) is 21.1 Å². The molecule has 3 amide bonds. The van der Waals surface area contributed by atoms with E-state index in [1.54, 1.807) is 58.0 Å². The molecule has 0 N–H and O–H groups in total. The monoisotopic (exact) mass is 460 g/mol. The average molecular weight is 461 g/mol. The maximum absolute atomic E-state index is 13.8. The van der Waals surface area contributed by atoms with Crippen LogP contribution in [0.1, 0.15) is 58.2 Å². The number of alkyl halides is 1. The molecule has 7 nitrogen and oxygen atoms in total. The molecule has 2 rings (SSSR count). The van der Waals surface area contributed by atoms with Gasteiger partial charge in [0.15, 0.2) is 6.07 Å². The van der Waals surface area contributed by atoms with Gasteiger partial charge in [0.25, 0.3) is 11.8 Å². The predicted molar refractivity (Wildman–Crippen MR) is 123 cm³/mol. The predicted octanol–water partition coefficient (Wildman–Crippen LogP) is 5.25. The molecular weight excluding hydrogens is 432 g/mol. The second kappa shape index (κ2) is 10.0. The molecule has 0 radical (unpaired) electrons. The van der Waals surface area contributed by atoms with Gasteiger partial charge in [0, 0.05) is 16.7 Å². The molecule has 0 aliphatic rings. The van der Waals surface area contributed by atoms with E-state index in [2.05, 4.69) is 0 Å².